The van der Waals surface area contributed by atoms with Crippen molar-refractivity contribution in [1.29, 1.82) is 0 Å². The normalized spacial score (nSPS) is 10.6. The van der Waals surface area contributed by atoms with Crippen LogP contribution in [0.25, 0.3) is 5.52 Å². The SMILES string of the molecule is [B]c1c(C)ccc2ccnn12. The molecular weight excluding hydrogens is 135 g/mol. The molecule has 0 aliphatic carbocycles. The lowest BCUT2D eigenvalue weighted by atomic mass is 9.98. The fraction of sp³-hybridized carbons (Fsp3) is 0.125. The predicted octanol–water partition coefficient (Wildman–Crippen LogP) is 0.437. The summed E-state index contributed by atoms with van der Waals surface area (Å²) in [6.45, 7) is 1.97. The Morgan fingerprint density at radius 3 is 3.00 bits per heavy atom. The van der Waals surface area contributed by atoms with E-state index < -0.39 is 0 Å². The number of nitrogens with zero attached hydrogens (tertiary/aromatic N) is 2. The molecule has 2 rings (SSSR count). The van der Waals surface area contributed by atoms with E-state index in [1.807, 2.05) is 25.1 Å². The topological polar surface area (TPSA) is 17.3 Å². The van der Waals surface area contributed by atoms with Gasteiger partial charge in [-0.3, -0.25) is 0 Å². The van der Waals surface area contributed by atoms with E-state index in [1.54, 1.807) is 10.7 Å². The molecule has 0 aromatic carbocycles. The summed E-state index contributed by atoms with van der Waals surface area (Å²) in [5.74, 6) is 0. The summed E-state index contributed by atoms with van der Waals surface area (Å²) < 4.78 is 1.73. The van der Waals surface area contributed by atoms with E-state index in [1.165, 1.54) is 0 Å². The molecule has 2 aromatic rings. The number of fused-ring (bicyclic) bond motifs is 1. The molecule has 0 saturated heterocycles. The lowest BCUT2D eigenvalue weighted by Crippen LogP contribution is -2.18. The molecular formula is C8H7BN2. The standard InChI is InChI=1S/C8H7BN2/c1-6-2-3-7-4-5-10-11(7)8(6)9/h2-5H,1H3. The van der Waals surface area contributed by atoms with Crippen LogP contribution in [0.2, 0.25) is 0 Å². The quantitative estimate of drug-likeness (QED) is 0.487. The van der Waals surface area contributed by atoms with Crippen molar-refractivity contribution in [2.24, 2.45) is 0 Å². The molecule has 0 saturated carbocycles. The molecule has 0 bridgehead atoms. The fourth-order valence-electron chi connectivity index (χ4n) is 1.10. The molecule has 0 atom stereocenters. The molecule has 2 heterocycles. The van der Waals surface area contributed by atoms with Crippen LogP contribution in [0.3, 0.4) is 0 Å². The van der Waals surface area contributed by atoms with E-state index in [4.69, 9.17) is 7.85 Å². The van der Waals surface area contributed by atoms with Crippen LogP contribution in [-0.2, 0) is 0 Å². The van der Waals surface area contributed by atoms with Gasteiger partial charge in [-0.05, 0) is 30.2 Å². The van der Waals surface area contributed by atoms with Gasteiger partial charge in [0, 0.05) is 6.20 Å². The van der Waals surface area contributed by atoms with Gasteiger partial charge in [0.15, 0.2) is 0 Å². The number of pyridine rings is 1. The Morgan fingerprint density at radius 2 is 2.18 bits per heavy atom. The second-order valence-electron chi connectivity index (χ2n) is 2.57. The third kappa shape index (κ3) is 0.844. The smallest absolute Gasteiger partial charge is 0.142 e. The second kappa shape index (κ2) is 2.12. The molecule has 0 amide bonds. The largest absolute Gasteiger partial charge is 0.248 e. The van der Waals surface area contributed by atoms with Gasteiger partial charge in [-0.1, -0.05) is 6.07 Å². The van der Waals surface area contributed by atoms with Crippen LogP contribution in [0.5, 0.6) is 0 Å². The molecule has 2 aromatic heterocycles. The van der Waals surface area contributed by atoms with Gasteiger partial charge >= 0.3 is 0 Å². The highest BCUT2D eigenvalue weighted by Gasteiger charge is 1.97. The lowest BCUT2D eigenvalue weighted by molar-refractivity contribution is 0.984. The van der Waals surface area contributed by atoms with Crippen LogP contribution in [0.15, 0.2) is 24.4 Å². The summed E-state index contributed by atoms with van der Waals surface area (Å²) in [7, 11) is 5.76. The summed E-state index contributed by atoms with van der Waals surface area (Å²) in [6.07, 6.45) is 1.74. The third-order valence-electron chi connectivity index (χ3n) is 1.81. The molecule has 2 radical (unpaired) electrons. The molecule has 2 nitrogen and oxygen atoms in total. The zero-order valence-electron chi connectivity index (χ0n) is 6.28. The summed E-state index contributed by atoms with van der Waals surface area (Å²) in [4.78, 5) is 0. The Morgan fingerprint density at radius 1 is 1.36 bits per heavy atom. The Labute approximate surface area is 66.3 Å². The van der Waals surface area contributed by atoms with E-state index >= 15 is 0 Å². The van der Waals surface area contributed by atoms with Gasteiger partial charge < -0.3 is 0 Å². The van der Waals surface area contributed by atoms with Crippen LogP contribution in [0.1, 0.15) is 5.56 Å². The van der Waals surface area contributed by atoms with E-state index in [0.29, 0.717) is 5.59 Å². The summed E-state index contributed by atoms with van der Waals surface area (Å²) in [6, 6.07) is 5.92. The zero-order chi connectivity index (χ0) is 7.84. The fourth-order valence-corrected chi connectivity index (χ4v) is 1.10. The van der Waals surface area contributed by atoms with E-state index in [0.717, 1.165) is 11.1 Å². The van der Waals surface area contributed by atoms with Gasteiger partial charge in [-0.25, -0.2) is 4.52 Å². The van der Waals surface area contributed by atoms with Gasteiger partial charge in [0.1, 0.15) is 7.85 Å². The molecule has 0 spiro atoms. The minimum atomic E-state index is 0.715. The Bertz CT molecular complexity index is 392. The minimum absolute atomic E-state index is 0.715. The number of rotatable bonds is 0. The van der Waals surface area contributed by atoms with E-state index in [-0.39, 0.29) is 0 Å². The second-order valence-corrected chi connectivity index (χ2v) is 2.57. The molecule has 0 aliphatic rings. The first-order chi connectivity index (χ1) is 5.29. The first-order valence-electron chi connectivity index (χ1n) is 3.48. The number of aromatic nitrogens is 2. The zero-order valence-corrected chi connectivity index (χ0v) is 6.28. The van der Waals surface area contributed by atoms with Crippen molar-refractivity contribution in [3.05, 3.63) is 30.0 Å². The van der Waals surface area contributed by atoms with Crippen molar-refractivity contribution in [2.45, 2.75) is 6.92 Å². The highest BCUT2D eigenvalue weighted by Crippen LogP contribution is 2.00. The van der Waals surface area contributed by atoms with Crippen molar-refractivity contribution in [2.75, 3.05) is 0 Å². The lowest BCUT2D eigenvalue weighted by Gasteiger charge is -2.02. The molecule has 3 heteroatoms. The van der Waals surface area contributed by atoms with Crippen molar-refractivity contribution < 1.29 is 0 Å². The number of aryl methyl sites for hydroxylation is 1. The Kier molecular flexibility index (Phi) is 1.25. The average Bonchev–Trinajstić information content (AvgIpc) is 2.45. The Balaban J connectivity index is 2.93. The summed E-state index contributed by atoms with van der Waals surface area (Å²) in [5.41, 5.74) is 2.81. The highest BCUT2D eigenvalue weighted by atomic mass is 15.2. The maximum absolute atomic E-state index is 5.76. The van der Waals surface area contributed by atoms with Crippen LogP contribution in [-0.4, -0.2) is 17.5 Å². The van der Waals surface area contributed by atoms with Crippen molar-refractivity contribution in [3.8, 4) is 0 Å². The van der Waals surface area contributed by atoms with Gasteiger partial charge in [0.2, 0.25) is 0 Å². The van der Waals surface area contributed by atoms with Gasteiger partial charge in [-0.2, -0.15) is 5.10 Å². The van der Waals surface area contributed by atoms with Crippen LogP contribution in [0.4, 0.5) is 0 Å². The maximum atomic E-state index is 5.76. The summed E-state index contributed by atoms with van der Waals surface area (Å²) >= 11 is 0. The Hall–Kier alpha value is -1.25. The molecule has 0 N–H and O–H groups in total. The molecule has 0 aliphatic heterocycles. The third-order valence-corrected chi connectivity index (χ3v) is 1.81. The van der Waals surface area contributed by atoms with Crippen LogP contribution in [0, 0.1) is 6.92 Å². The van der Waals surface area contributed by atoms with Crippen LogP contribution < -0.4 is 5.59 Å². The average molecular weight is 142 g/mol. The van der Waals surface area contributed by atoms with Crippen molar-refractivity contribution >= 4 is 19.0 Å². The van der Waals surface area contributed by atoms with Gasteiger partial charge in [0.05, 0.1) is 5.52 Å². The molecule has 0 fully saturated rings. The first kappa shape index (κ1) is 6.46. The van der Waals surface area contributed by atoms with E-state index in [2.05, 4.69) is 5.10 Å². The molecule has 0 unspecified atom stereocenters. The first-order valence-corrected chi connectivity index (χ1v) is 3.48. The summed E-state index contributed by atoms with van der Waals surface area (Å²) in [5, 5.41) is 4.07. The molecule has 11 heavy (non-hydrogen) atoms. The van der Waals surface area contributed by atoms with Crippen molar-refractivity contribution in [1.82, 2.24) is 9.61 Å². The maximum Gasteiger partial charge on any atom is 0.142 e. The van der Waals surface area contributed by atoms with E-state index in [9.17, 15) is 0 Å². The van der Waals surface area contributed by atoms with Crippen molar-refractivity contribution in [3.63, 3.8) is 0 Å². The number of hydrogen-bond acceptors (Lipinski definition) is 1. The van der Waals surface area contributed by atoms with Gasteiger partial charge in [-0.15, -0.1) is 0 Å². The van der Waals surface area contributed by atoms with Gasteiger partial charge in [0.25, 0.3) is 0 Å². The number of hydrogen-bond donors (Lipinski definition) is 0. The molecule has 52 valence electrons. The van der Waals surface area contributed by atoms with Crippen LogP contribution >= 0.6 is 0 Å². The monoisotopic (exact) mass is 142 g/mol. The minimum Gasteiger partial charge on any atom is -0.248 e. The highest BCUT2D eigenvalue weighted by molar-refractivity contribution is 6.32. The predicted molar refractivity (Wildman–Crippen MR) is 45.3 cm³/mol.